The smallest absolute Gasteiger partial charge is 0.249 e. The van der Waals surface area contributed by atoms with Gasteiger partial charge in [-0.25, -0.2) is 0 Å². The maximum Gasteiger partial charge on any atom is 0.249 e. The van der Waals surface area contributed by atoms with Crippen LogP contribution < -0.4 is 5.73 Å². The zero-order chi connectivity index (χ0) is 16.0. The normalized spacial score (nSPS) is 22.5. The largest absolute Gasteiger partial charge is 0.538 e. The highest BCUT2D eigenvalue weighted by molar-refractivity contribution is 6.70. The van der Waals surface area contributed by atoms with Gasteiger partial charge in [-0.05, 0) is 38.7 Å². The molecule has 0 bridgehead atoms. The molecule has 2 N–H and O–H groups in total. The molecule has 1 aromatic rings. The Labute approximate surface area is 134 Å². The zero-order valence-electron chi connectivity index (χ0n) is 12.3. The van der Waals surface area contributed by atoms with E-state index in [1.807, 2.05) is 19.6 Å². The molecule has 114 valence electrons. The molecule has 0 spiro atoms. The fourth-order valence-corrected chi connectivity index (χ4v) is 3.49. The van der Waals surface area contributed by atoms with E-state index < -0.39 is 13.9 Å². The number of hydrogen-bond donors (Lipinski definition) is 1. The van der Waals surface area contributed by atoms with Crippen molar-refractivity contribution in [3.8, 4) is 0 Å². The maximum absolute atomic E-state index is 12.7. The molecular formula is C14H17Cl2NO3Si. The number of Topliss-reactive ketones (excluding diaryl/α,β-unsaturated/α-hetero) is 1. The van der Waals surface area contributed by atoms with E-state index in [9.17, 15) is 4.79 Å². The summed E-state index contributed by atoms with van der Waals surface area (Å²) in [6.07, 6.45) is 0. The third kappa shape index (κ3) is 3.05. The highest BCUT2D eigenvalue weighted by Gasteiger charge is 2.49. The summed E-state index contributed by atoms with van der Waals surface area (Å²) in [6, 6.07) is 4.87. The summed E-state index contributed by atoms with van der Waals surface area (Å²) in [5.74, 6) is -0.245. The third-order valence-corrected chi connectivity index (χ3v) is 4.40. The molecule has 1 aromatic carbocycles. The highest BCUT2D eigenvalue weighted by Crippen LogP contribution is 2.41. The molecule has 0 radical (unpaired) electrons. The van der Waals surface area contributed by atoms with Gasteiger partial charge in [-0.1, -0.05) is 29.3 Å². The van der Waals surface area contributed by atoms with E-state index in [4.69, 9.17) is 38.1 Å². The van der Waals surface area contributed by atoms with E-state index in [0.717, 1.165) is 0 Å². The van der Waals surface area contributed by atoms with Crippen molar-refractivity contribution < 1.29 is 14.0 Å². The average molecular weight is 346 g/mol. The fourth-order valence-electron chi connectivity index (χ4n) is 2.10. The van der Waals surface area contributed by atoms with Crippen molar-refractivity contribution >= 4 is 37.3 Å². The van der Waals surface area contributed by atoms with Crippen molar-refractivity contribution in [3.63, 3.8) is 0 Å². The number of rotatable bonds is 3. The molecule has 1 aliphatic rings. The van der Waals surface area contributed by atoms with Gasteiger partial charge in [0.2, 0.25) is 31.3 Å². The Bertz CT molecular complexity index is 640. The lowest BCUT2D eigenvalue weighted by atomic mass is 9.91. The number of hydrogen-bond acceptors (Lipinski definition) is 4. The van der Waals surface area contributed by atoms with Crippen LogP contribution in [-0.4, -0.2) is 14.1 Å². The predicted molar refractivity (Wildman–Crippen MR) is 85.6 cm³/mol. The van der Waals surface area contributed by atoms with E-state index in [0.29, 0.717) is 15.6 Å². The van der Waals surface area contributed by atoms with Crippen LogP contribution in [0.3, 0.4) is 0 Å². The van der Waals surface area contributed by atoms with Gasteiger partial charge in [0, 0.05) is 15.6 Å². The Hall–Kier alpha value is -1.17. The second kappa shape index (κ2) is 5.23. The summed E-state index contributed by atoms with van der Waals surface area (Å²) >= 11 is 12.1. The molecule has 4 nitrogen and oxygen atoms in total. The monoisotopic (exact) mass is 345 g/mol. The van der Waals surface area contributed by atoms with Gasteiger partial charge in [-0.15, -0.1) is 0 Å². The summed E-state index contributed by atoms with van der Waals surface area (Å²) in [5, 5.41) is 0.831. The van der Waals surface area contributed by atoms with Crippen molar-refractivity contribution in [1.82, 2.24) is 0 Å². The summed E-state index contributed by atoms with van der Waals surface area (Å²) in [6.45, 7) is 7.51. The number of benzene rings is 1. The SMILES string of the molecule is CC1(c2ccc(Cl)cc2Cl)OC(N)=C(O[Si](C)(C)C)C1=O. The summed E-state index contributed by atoms with van der Waals surface area (Å²) in [7, 11) is -1.98. The topological polar surface area (TPSA) is 61.6 Å². The minimum atomic E-state index is -1.98. The lowest BCUT2D eigenvalue weighted by Crippen LogP contribution is -2.34. The molecule has 21 heavy (non-hydrogen) atoms. The van der Waals surface area contributed by atoms with Gasteiger partial charge in [0.15, 0.2) is 0 Å². The number of carbonyl (C=O) groups excluding carboxylic acids is 1. The molecule has 0 fully saturated rings. The molecule has 0 saturated heterocycles. The maximum atomic E-state index is 12.7. The lowest BCUT2D eigenvalue weighted by molar-refractivity contribution is -0.131. The molecule has 0 aromatic heterocycles. The Balaban J connectivity index is 2.41. The fraction of sp³-hybridized carbons (Fsp3) is 0.357. The first-order valence-corrected chi connectivity index (χ1v) is 10.6. The summed E-state index contributed by atoms with van der Waals surface area (Å²) in [5.41, 5.74) is 5.05. The number of ketones is 1. The number of ether oxygens (including phenoxy) is 1. The molecule has 0 amide bonds. The van der Waals surface area contributed by atoms with Gasteiger partial charge >= 0.3 is 0 Å². The first kappa shape index (κ1) is 16.2. The van der Waals surface area contributed by atoms with Gasteiger partial charge < -0.3 is 14.9 Å². The van der Waals surface area contributed by atoms with Crippen LogP contribution in [0.5, 0.6) is 0 Å². The van der Waals surface area contributed by atoms with Crippen LogP contribution in [0.4, 0.5) is 0 Å². The second-order valence-corrected chi connectivity index (χ2v) is 11.3. The molecule has 1 atom stereocenters. The molecule has 0 aliphatic carbocycles. The van der Waals surface area contributed by atoms with Crippen LogP contribution in [0.1, 0.15) is 12.5 Å². The standard InChI is InChI=1S/C14H17Cl2NO3Si/c1-14(9-6-5-8(15)7-10(9)16)12(18)11(13(17)19-14)20-21(2,3)4/h5-7H,17H2,1-4H3. The number of nitrogens with two attached hydrogens (primary N) is 1. The molecule has 1 unspecified atom stereocenters. The molecule has 1 aliphatic heterocycles. The van der Waals surface area contributed by atoms with E-state index >= 15 is 0 Å². The summed E-state index contributed by atoms with van der Waals surface area (Å²) in [4.78, 5) is 12.7. The Kier molecular flexibility index (Phi) is 4.03. The summed E-state index contributed by atoms with van der Waals surface area (Å²) < 4.78 is 11.4. The van der Waals surface area contributed by atoms with Gasteiger partial charge in [0.05, 0.1) is 0 Å². The Morgan fingerprint density at radius 3 is 2.43 bits per heavy atom. The predicted octanol–water partition coefficient (Wildman–Crippen LogP) is 3.79. The molecular weight excluding hydrogens is 329 g/mol. The van der Waals surface area contributed by atoms with Crippen LogP contribution in [0.15, 0.2) is 29.8 Å². The van der Waals surface area contributed by atoms with Crippen molar-refractivity contribution in [2.45, 2.75) is 32.2 Å². The Morgan fingerprint density at radius 2 is 1.90 bits per heavy atom. The van der Waals surface area contributed by atoms with Crippen LogP contribution in [0.25, 0.3) is 0 Å². The van der Waals surface area contributed by atoms with Gasteiger partial charge in [-0.3, -0.25) is 4.79 Å². The van der Waals surface area contributed by atoms with Crippen molar-refractivity contribution in [3.05, 3.63) is 45.5 Å². The first-order valence-electron chi connectivity index (χ1n) is 6.43. The van der Waals surface area contributed by atoms with Crippen molar-refractivity contribution in [2.75, 3.05) is 0 Å². The van der Waals surface area contributed by atoms with Gasteiger partial charge in [-0.2, -0.15) is 0 Å². The van der Waals surface area contributed by atoms with Crippen LogP contribution in [0, 0.1) is 0 Å². The van der Waals surface area contributed by atoms with Gasteiger partial charge in [0.25, 0.3) is 0 Å². The third-order valence-electron chi connectivity index (χ3n) is 3.03. The zero-order valence-corrected chi connectivity index (χ0v) is 14.8. The first-order chi connectivity index (χ1) is 9.54. The molecule has 1 heterocycles. The van der Waals surface area contributed by atoms with Crippen molar-refractivity contribution in [1.29, 1.82) is 0 Å². The average Bonchev–Trinajstić information content (AvgIpc) is 2.52. The number of halogens is 2. The van der Waals surface area contributed by atoms with Crippen LogP contribution in [-0.2, 0) is 19.6 Å². The van der Waals surface area contributed by atoms with E-state index in [-0.39, 0.29) is 17.4 Å². The van der Waals surface area contributed by atoms with Crippen LogP contribution >= 0.6 is 23.2 Å². The van der Waals surface area contributed by atoms with E-state index in [2.05, 4.69) is 0 Å². The quantitative estimate of drug-likeness (QED) is 0.846. The minimum Gasteiger partial charge on any atom is -0.538 e. The van der Waals surface area contributed by atoms with Crippen LogP contribution in [0.2, 0.25) is 29.7 Å². The Morgan fingerprint density at radius 1 is 1.29 bits per heavy atom. The van der Waals surface area contributed by atoms with E-state index in [1.54, 1.807) is 25.1 Å². The lowest BCUT2D eigenvalue weighted by Gasteiger charge is -2.25. The second-order valence-electron chi connectivity index (χ2n) is 6.00. The molecule has 7 heteroatoms. The van der Waals surface area contributed by atoms with E-state index in [1.165, 1.54) is 0 Å². The van der Waals surface area contributed by atoms with Crippen molar-refractivity contribution in [2.24, 2.45) is 5.73 Å². The number of carbonyl (C=O) groups is 1. The minimum absolute atomic E-state index is 0.00376. The molecule has 2 rings (SSSR count). The molecule has 0 saturated carbocycles. The highest BCUT2D eigenvalue weighted by atomic mass is 35.5. The van der Waals surface area contributed by atoms with Gasteiger partial charge in [0.1, 0.15) is 0 Å².